The number of hydrogen-bond acceptors (Lipinski definition) is 4. The molecule has 0 bridgehead atoms. The summed E-state index contributed by atoms with van der Waals surface area (Å²) in [7, 11) is 0. The Kier molecular flexibility index (Phi) is 5.22. The molecule has 6 nitrogen and oxygen atoms in total. The summed E-state index contributed by atoms with van der Waals surface area (Å²) in [6.45, 7) is 6.64. The van der Waals surface area contributed by atoms with Gasteiger partial charge in [-0.15, -0.1) is 0 Å². The van der Waals surface area contributed by atoms with E-state index in [2.05, 4.69) is 24.1 Å². The van der Waals surface area contributed by atoms with Crippen LogP contribution in [0.15, 0.2) is 0 Å². The summed E-state index contributed by atoms with van der Waals surface area (Å²) < 4.78 is 5.39. The summed E-state index contributed by atoms with van der Waals surface area (Å²) >= 11 is 0. The minimum atomic E-state index is -0.920. The van der Waals surface area contributed by atoms with Crippen molar-refractivity contribution in [3.8, 4) is 0 Å². The molecule has 120 valence electrons. The first-order valence-corrected chi connectivity index (χ1v) is 7.83. The van der Waals surface area contributed by atoms with E-state index in [0.717, 1.165) is 12.8 Å². The molecule has 0 aromatic carbocycles. The first-order valence-electron chi connectivity index (χ1n) is 7.83. The Hall–Kier alpha value is -1.14. The van der Waals surface area contributed by atoms with Gasteiger partial charge in [-0.25, -0.2) is 4.79 Å². The Bertz CT molecular complexity index is 391. The molecule has 21 heavy (non-hydrogen) atoms. The lowest BCUT2D eigenvalue weighted by atomic mass is 10.1. The van der Waals surface area contributed by atoms with Crippen LogP contribution in [0.2, 0.25) is 0 Å². The number of nitrogens with zero attached hydrogens (tertiary/aromatic N) is 1. The van der Waals surface area contributed by atoms with Crippen molar-refractivity contribution in [1.82, 2.24) is 10.2 Å². The van der Waals surface area contributed by atoms with Crippen molar-refractivity contribution in [2.45, 2.75) is 76.8 Å². The average molecular weight is 298 g/mol. The van der Waals surface area contributed by atoms with E-state index in [-0.39, 0.29) is 18.1 Å². The van der Waals surface area contributed by atoms with Crippen molar-refractivity contribution < 1.29 is 19.4 Å². The maximum Gasteiger partial charge on any atom is 0.332 e. The van der Waals surface area contributed by atoms with Crippen molar-refractivity contribution >= 4 is 11.9 Å². The first-order chi connectivity index (χ1) is 9.90. The second-order valence-corrected chi connectivity index (χ2v) is 6.31. The summed E-state index contributed by atoms with van der Waals surface area (Å²) in [6.07, 6.45) is 2.56. The van der Waals surface area contributed by atoms with Gasteiger partial charge in [0.05, 0.1) is 12.1 Å². The minimum absolute atomic E-state index is 0.00187. The zero-order valence-electron chi connectivity index (χ0n) is 13.0. The molecule has 2 saturated heterocycles. The van der Waals surface area contributed by atoms with Crippen LogP contribution in [-0.2, 0) is 14.3 Å². The number of nitrogens with one attached hydrogen (secondary N) is 1. The monoisotopic (exact) mass is 298 g/mol. The van der Waals surface area contributed by atoms with Gasteiger partial charge >= 0.3 is 5.97 Å². The van der Waals surface area contributed by atoms with Crippen molar-refractivity contribution in [2.75, 3.05) is 6.54 Å². The van der Waals surface area contributed by atoms with Gasteiger partial charge in [0.15, 0.2) is 6.10 Å². The Morgan fingerprint density at radius 3 is 2.38 bits per heavy atom. The number of carboxylic acid groups (broad SMARTS) is 1. The van der Waals surface area contributed by atoms with Gasteiger partial charge in [-0.3, -0.25) is 9.69 Å². The lowest BCUT2D eigenvalue weighted by Gasteiger charge is -2.31. The molecule has 0 aromatic heterocycles. The van der Waals surface area contributed by atoms with E-state index in [1.807, 2.05) is 6.92 Å². The van der Waals surface area contributed by atoms with Gasteiger partial charge in [-0.05, 0) is 46.5 Å². The molecule has 0 aliphatic carbocycles. The maximum atomic E-state index is 12.3. The summed E-state index contributed by atoms with van der Waals surface area (Å²) in [5.74, 6) is -0.921. The second-order valence-electron chi connectivity index (χ2n) is 6.31. The number of carbonyl (C=O) groups excluding carboxylic acids is 1. The minimum Gasteiger partial charge on any atom is -0.479 e. The van der Waals surface area contributed by atoms with Gasteiger partial charge in [0, 0.05) is 18.6 Å². The van der Waals surface area contributed by atoms with Crippen LogP contribution in [0.4, 0.5) is 0 Å². The smallest absolute Gasteiger partial charge is 0.332 e. The molecule has 2 aliphatic rings. The van der Waals surface area contributed by atoms with Crippen molar-refractivity contribution in [2.24, 2.45) is 0 Å². The fraction of sp³-hybridized carbons (Fsp3) is 0.867. The topological polar surface area (TPSA) is 78.9 Å². The Labute approximate surface area is 125 Å². The highest BCUT2D eigenvalue weighted by Crippen LogP contribution is 2.26. The van der Waals surface area contributed by atoms with Crippen molar-refractivity contribution in [3.05, 3.63) is 0 Å². The van der Waals surface area contributed by atoms with Crippen molar-refractivity contribution in [3.63, 3.8) is 0 Å². The largest absolute Gasteiger partial charge is 0.479 e. The molecule has 2 N–H and O–H groups in total. The van der Waals surface area contributed by atoms with Gasteiger partial charge in [0.25, 0.3) is 0 Å². The number of aliphatic carboxylic acids is 1. The van der Waals surface area contributed by atoms with Crippen LogP contribution in [0.3, 0.4) is 0 Å². The first kappa shape index (κ1) is 16.2. The van der Waals surface area contributed by atoms with Crippen LogP contribution in [-0.4, -0.2) is 58.8 Å². The zero-order valence-corrected chi connectivity index (χ0v) is 13.0. The van der Waals surface area contributed by atoms with Gasteiger partial charge < -0.3 is 15.2 Å². The molecule has 5 atom stereocenters. The molecule has 1 amide bonds. The van der Waals surface area contributed by atoms with Crippen LogP contribution in [0.25, 0.3) is 0 Å². The number of ether oxygens (including phenoxy) is 1. The summed E-state index contributed by atoms with van der Waals surface area (Å²) in [5.41, 5.74) is 0. The molecule has 2 fully saturated rings. The molecule has 0 aromatic rings. The summed E-state index contributed by atoms with van der Waals surface area (Å²) in [6, 6.07) is 0.703. The van der Waals surface area contributed by atoms with E-state index < -0.39 is 12.1 Å². The highest BCUT2D eigenvalue weighted by Gasteiger charge is 2.35. The molecule has 2 heterocycles. The predicted octanol–water partition coefficient (Wildman–Crippen LogP) is 0.996. The number of rotatable bonds is 5. The zero-order chi connectivity index (χ0) is 15.6. The predicted molar refractivity (Wildman–Crippen MR) is 78.0 cm³/mol. The van der Waals surface area contributed by atoms with Crippen LogP contribution < -0.4 is 5.32 Å². The third kappa shape index (κ3) is 3.74. The Morgan fingerprint density at radius 1 is 1.24 bits per heavy atom. The van der Waals surface area contributed by atoms with Crippen LogP contribution >= 0.6 is 0 Å². The molecular weight excluding hydrogens is 272 g/mol. The molecule has 6 heteroatoms. The quantitative estimate of drug-likeness (QED) is 0.791. The van der Waals surface area contributed by atoms with Gasteiger partial charge in [0.1, 0.15) is 0 Å². The Balaban J connectivity index is 1.78. The molecule has 0 radical (unpaired) electrons. The SMILES string of the molecule is CC1CCC(C)N1C(C)C(=O)NCC1CCC(C(=O)O)O1. The lowest BCUT2D eigenvalue weighted by molar-refractivity contribution is -0.149. The number of carbonyl (C=O) groups is 2. The molecule has 0 spiro atoms. The maximum absolute atomic E-state index is 12.3. The molecule has 2 aliphatic heterocycles. The van der Waals surface area contributed by atoms with E-state index in [9.17, 15) is 9.59 Å². The summed E-state index contributed by atoms with van der Waals surface area (Å²) in [4.78, 5) is 25.3. The van der Waals surface area contributed by atoms with E-state index in [1.54, 1.807) is 0 Å². The molecule has 0 saturated carbocycles. The van der Waals surface area contributed by atoms with Crippen molar-refractivity contribution in [1.29, 1.82) is 0 Å². The highest BCUT2D eigenvalue weighted by atomic mass is 16.5. The highest BCUT2D eigenvalue weighted by molar-refractivity contribution is 5.81. The Morgan fingerprint density at radius 2 is 1.86 bits per heavy atom. The third-order valence-corrected chi connectivity index (χ3v) is 4.73. The number of amides is 1. The average Bonchev–Trinajstić information content (AvgIpc) is 3.03. The molecule has 5 unspecified atom stereocenters. The summed E-state index contributed by atoms with van der Waals surface area (Å²) in [5, 5.41) is 11.8. The second kappa shape index (κ2) is 6.75. The van der Waals surface area contributed by atoms with E-state index in [0.29, 0.717) is 31.5 Å². The van der Waals surface area contributed by atoms with Crippen LogP contribution in [0.5, 0.6) is 0 Å². The van der Waals surface area contributed by atoms with Gasteiger partial charge in [-0.2, -0.15) is 0 Å². The standard InChI is InChI=1S/C15H26N2O4/c1-9-4-5-10(2)17(9)11(3)14(18)16-8-12-6-7-13(21-12)15(19)20/h9-13H,4-8H2,1-3H3,(H,16,18)(H,19,20). The number of hydrogen-bond donors (Lipinski definition) is 2. The molecule has 2 rings (SSSR count). The fourth-order valence-electron chi connectivity index (χ4n) is 3.51. The lowest BCUT2D eigenvalue weighted by Crippen LogP contribution is -2.50. The number of carboxylic acids is 1. The fourth-order valence-corrected chi connectivity index (χ4v) is 3.51. The van der Waals surface area contributed by atoms with Gasteiger partial charge in [-0.1, -0.05) is 0 Å². The van der Waals surface area contributed by atoms with Crippen LogP contribution in [0.1, 0.15) is 46.5 Å². The van der Waals surface area contributed by atoms with Gasteiger partial charge in [0.2, 0.25) is 5.91 Å². The third-order valence-electron chi connectivity index (χ3n) is 4.73. The van der Waals surface area contributed by atoms with Crippen LogP contribution in [0, 0.1) is 0 Å². The normalized spacial score (nSPS) is 34.8. The van der Waals surface area contributed by atoms with E-state index >= 15 is 0 Å². The van der Waals surface area contributed by atoms with E-state index in [4.69, 9.17) is 9.84 Å². The molecular formula is C15H26N2O4. The number of likely N-dealkylation sites (tertiary alicyclic amines) is 1. The van der Waals surface area contributed by atoms with E-state index in [1.165, 1.54) is 0 Å².